The molecule has 0 bridgehead atoms. The van der Waals surface area contributed by atoms with Crippen molar-refractivity contribution in [3.8, 4) is 0 Å². The molecule has 0 saturated heterocycles. The molecule has 2 heteroatoms. The monoisotopic (exact) mass is 192 g/mol. The molecule has 2 N–H and O–H groups in total. The summed E-state index contributed by atoms with van der Waals surface area (Å²) in [5.74, 6) is 0. The van der Waals surface area contributed by atoms with Crippen LogP contribution in [0.1, 0.15) is 25.5 Å². The molecule has 78 valence electrons. The van der Waals surface area contributed by atoms with E-state index in [2.05, 4.69) is 48.7 Å². The molecule has 0 aliphatic carbocycles. The quantitative estimate of drug-likeness (QED) is 0.745. The Morgan fingerprint density at radius 3 is 2.29 bits per heavy atom. The van der Waals surface area contributed by atoms with Gasteiger partial charge in [0.2, 0.25) is 0 Å². The lowest BCUT2D eigenvalue weighted by molar-refractivity contribution is 0.491. The fourth-order valence-electron chi connectivity index (χ4n) is 1.43. The molecule has 0 amide bonds. The lowest BCUT2D eigenvalue weighted by Crippen LogP contribution is -2.33. The normalized spacial score (nSPS) is 13.1. The van der Waals surface area contributed by atoms with Crippen molar-refractivity contribution in [1.82, 2.24) is 10.6 Å². The standard InChI is InChI=1S/C12H20N2/c1-10(2)14-9-12(13-3)11-7-5-4-6-8-11/h4-8,10,12-14H,9H2,1-3H3. The third-order valence-corrected chi connectivity index (χ3v) is 2.28. The van der Waals surface area contributed by atoms with Gasteiger partial charge >= 0.3 is 0 Å². The molecule has 1 aromatic carbocycles. The summed E-state index contributed by atoms with van der Waals surface area (Å²) in [6.07, 6.45) is 0. The molecule has 2 nitrogen and oxygen atoms in total. The van der Waals surface area contributed by atoms with Crippen molar-refractivity contribution in [1.29, 1.82) is 0 Å². The van der Waals surface area contributed by atoms with Crippen LogP contribution in [0.3, 0.4) is 0 Å². The van der Waals surface area contributed by atoms with E-state index in [9.17, 15) is 0 Å². The van der Waals surface area contributed by atoms with Crippen LogP contribution in [0.5, 0.6) is 0 Å². The predicted octanol–water partition coefficient (Wildman–Crippen LogP) is 1.95. The van der Waals surface area contributed by atoms with Crippen LogP contribution >= 0.6 is 0 Å². The Hall–Kier alpha value is -0.860. The molecule has 0 fully saturated rings. The summed E-state index contributed by atoms with van der Waals surface area (Å²) in [5, 5.41) is 6.74. The molecule has 0 spiro atoms. The minimum Gasteiger partial charge on any atom is -0.313 e. The van der Waals surface area contributed by atoms with Crippen molar-refractivity contribution < 1.29 is 0 Å². The van der Waals surface area contributed by atoms with Gasteiger partial charge in [-0.15, -0.1) is 0 Å². The average Bonchev–Trinajstić information content (AvgIpc) is 2.20. The van der Waals surface area contributed by atoms with E-state index in [-0.39, 0.29) is 0 Å². The Morgan fingerprint density at radius 2 is 1.79 bits per heavy atom. The van der Waals surface area contributed by atoms with Crippen LogP contribution in [0, 0.1) is 0 Å². The largest absolute Gasteiger partial charge is 0.313 e. The Labute approximate surface area is 86.7 Å². The van der Waals surface area contributed by atoms with E-state index in [1.54, 1.807) is 0 Å². The molecule has 0 heterocycles. The molecule has 14 heavy (non-hydrogen) atoms. The van der Waals surface area contributed by atoms with Gasteiger partial charge in [-0.05, 0) is 12.6 Å². The highest BCUT2D eigenvalue weighted by Gasteiger charge is 2.07. The van der Waals surface area contributed by atoms with Gasteiger partial charge in [0, 0.05) is 18.6 Å². The van der Waals surface area contributed by atoms with Crippen LogP contribution in [0.15, 0.2) is 30.3 Å². The lowest BCUT2D eigenvalue weighted by Gasteiger charge is -2.18. The van der Waals surface area contributed by atoms with E-state index >= 15 is 0 Å². The second kappa shape index (κ2) is 5.78. The third-order valence-electron chi connectivity index (χ3n) is 2.28. The lowest BCUT2D eigenvalue weighted by atomic mass is 10.1. The van der Waals surface area contributed by atoms with Crippen molar-refractivity contribution in [3.63, 3.8) is 0 Å². The van der Waals surface area contributed by atoms with E-state index in [0.717, 1.165) is 6.54 Å². The molecule has 0 aliphatic rings. The van der Waals surface area contributed by atoms with Crippen LogP contribution < -0.4 is 10.6 Å². The van der Waals surface area contributed by atoms with Crippen molar-refractivity contribution in [2.75, 3.05) is 13.6 Å². The Balaban J connectivity index is 2.54. The molecule has 0 aliphatic heterocycles. The van der Waals surface area contributed by atoms with Crippen molar-refractivity contribution >= 4 is 0 Å². The second-order valence-corrected chi connectivity index (χ2v) is 3.81. The highest BCUT2D eigenvalue weighted by Crippen LogP contribution is 2.10. The Morgan fingerprint density at radius 1 is 1.14 bits per heavy atom. The number of likely N-dealkylation sites (N-methyl/N-ethyl adjacent to an activating group) is 1. The van der Waals surface area contributed by atoms with Gasteiger partial charge in [0.25, 0.3) is 0 Å². The number of nitrogens with one attached hydrogen (secondary N) is 2. The number of rotatable bonds is 5. The van der Waals surface area contributed by atoms with E-state index in [1.807, 2.05) is 13.1 Å². The van der Waals surface area contributed by atoms with Gasteiger partial charge in [-0.3, -0.25) is 0 Å². The fourth-order valence-corrected chi connectivity index (χ4v) is 1.43. The Kier molecular flexibility index (Phi) is 4.63. The van der Waals surface area contributed by atoms with Crippen LogP contribution in [-0.2, 0) is 0 Å². The first-order valence-electron chi connectivity index (χ1n) is 5.19. The summed E-state index contributed by atoms with van der Waals surface area (Å²) in [6, 6.07) is 11.5. The summed E-state index contributed by atoms with van der Waals surface area (Å²) in [6.45, 7) is 5.30. The van der Waals surface area contributed by atoms with Crippen LogP contribution in [-0.4, -0.2) is 19.6 Å². The van der Waals surface area contributed by atoms with Gasteiger partial charge in [-0.2, -0.15) is 0 Å². The van der Waals surface area contributed by atoms with Crippen molar-refractivity contribution in [2.45, 2.75) is 25.9 Å². The van der Waals surface area contributed by atoms with Gasteiger partial charge in [0.05, 0.1) is 0 Å². The zero-order valence-corrected chi connectivity index (χ0v) is 9.25. The average molecular weight is 192 g/mol. The molecule has 0 saturated carbocycles. The van der Waals surface area contributed by atoms with Gasteiger partial charge in [-0.25, -0.2) is 0 Å². The highest BCUT2D eigenvalue weighted by atomic mass is 15.0. The maximum absolute atomic E-state index is 3.43. The zero-order valence-electron chi connectivity index (χ0n) is 9.25. The van der Waals surface area contributed by atoms with Gasteiger partial charge < -0.3 is 10.6 Å². The minimum absolute atomic E-state index is 0.401. The maximum atomic E-state index is 3.43. The summed E-state index contributed by atoms with van der Waals surface area (Å²) in [4.78, 5) is 0. The summed E-state index contributed by atoms with van der Waals surface area (Å²) in [7, 11) is 2.00. The topological polar surface area (TPSA) is 24.1 Å². The summed E-state index contributed by atoms with van der Waals surface area (Å²) in [5.41, 5.74) is 1.34. The first kappa shape index (κ1) is 11.2. The first-order chi connectivity index (χ1) is 6.74. The van der Waals surface area contributed by atoms with Crippen molar-refractivity contribution in [2.24, 2.45) is 0 Å². The summed E-state index contributed by atoms with van der Waals surface area (Å²) < 4.78 is 0. The third kappa shape index (κ3) is 3.48. The predicted molar refractivity (Wildman–Crippen MR) is 61.4 cm³/mol. The van der Waals surface area contributed by atoms with E-state index < -0.39 is 0 Å². The fraction of sp³-hybridized carbons (Fsp3) is 0.500. The number of hydrogen-bond donors (Lipinski definition) is 2. The molecule has 0 aromatic heterocycles. The van der Waals surface area contributed by atoms with E-state index in [4.69, 9.17) is 0 Å². The minimum atomic E-state index is 0.401. The first-order valence-corrected chi connectivity index (χ1v) is 5.19. The smallest absolute Gasteiger partial charge is 0.0444 e. The highest BCUT2D eigenvalue weighted by molar-refractivity contribution is 5.19. The second-order valence-electron chi connectivity index (χ2n) is 3.81. The van der Waals surface area contributed by atoms with Gasteiger partial charge in [-0.1, -0.05) is 44.2 Å². The van der Waals surface area contributed by atoms with Gasteiger partial charge in [0.15, 0.2) is 0 Å². The molecule has 1 aromatic rings. The molecule has 1 unspecified atom stereocenters. The van der Waals surface area contributed by atoms with Crippen LogP contribution in [0.2, 0.25) is 0 Å². The zero-order chi connectivity index (χ0) is 10.4. The van der Waals surface area contributed by atoms with Crippen molar-refractivity contribution in [3.05, 3.63) is 35.9 Å². The molecular weight excluding hydrogens is 172 g/mol. The molecule has 0 radical (unpaired) electrons. The van der Waals surface area contributed by atoms with E-state index in [1.165, 1.54) is 5.56 Å². The van der Waals surface area contributed by atoms with Crippen LogP contribution in [0.25, 0.3) is 0 Å². The molecule has 1 rings (SSSR count). The maximum Gasteiger partial charge on any atom is 0.0444 e. The SMILES string of the molecule is CNC(CNC(C)C)c1ccccc1. The number of benzene rings is 1. The summed E-state index contributed by atoms with van der Waals surface area (Å²) >= 11 is 0. The van der Waals surface area contributed by atoms with E-state index in [0.29, 0.717) is 12.1 Å². The molecular formula is C12H20N2. The Bertz CT molecular complexity index is 244. The van der Waals surface area contributed by atoms with Crippen LogP contribution in [0.4, 0.5) is 0 Å². The number of hydrogen-bond acceptors (Lipinski definition) is 2. The molecule has 1 atom stereocenters. The van der Waals surface area contributed by atoms with Gasteiger partial charge in [0.1, 0.15) is 0 Å².